The number of rotatable bonds is 10. The molecule has 1 aromatic rings. The molecule has 2 aliphatic carbocycles. The minimum absolute atomic E-state index is 0.0189. The molecule has 2 N–H and O–H groups in total. The van der Waals surface area contributed by atoms with Gasteiger partial charge in [0.15, 0.2) is 0 Å². The molecule has 2 amide bonds. The third kappa shape index (κ3) is 4.92. The van der Waals surface area contributed by atoms with E-state index in [2.05, 4.69) is 23.8 Å². The highest BCUT2D eigenvalue weighted by Gasteiger charge is 2.72. The number of fused-ring (bicyclic) bond motifs is 1. The Balaban J connectivity index is 1.79. The average molecular weight is 456 g/mol. The van der Waals surface area contributed by atoms with Crippen molar-refractivity contribution >= 4 is 23.9 Å². The molecule has 0 unspecified atom stereocenters. The van der Waals surface area contributed by atoms with Crippen LogP contribution in [0, 0.1) is 17.8 Å². The quantitative estimate of drug-likeness (QED) is 0.314. The largest absolute Gasteiger partial charge is 0.465 e. The molecular weight excluding hydrogens is 428 g/mol. The average Bonchev–Trinajstić information content (AvgIpc) is 3.46. The van der Waals surface area contributed by atoms with Crippen molar-refractivity contribution in [1.29, 1.82) is 0 Å². The molecule has 33 heavy (non-hydrogen) atoms. The normalized spacial score (nSPS) is 24.6. The van der Waals surface area contributed by atoms with Crippen LogP contribution in [-0.4, -0.2) is 49.8 Å². The van der Waals surface area contributed by atoms with Gasteiger partial charge in [0.2, 0.25) is 5.91 Å². The van der Waals surface area contributed by atoms with Crippen LogP contribution >= 0.6 is 0 Å². The molecule has 2 aliphatic rings. The van der Waals surface area contributed by atoms with Crippen LogP contribution in [0.2, 0.25) is 0 Å². The number of hydrogen-bond acceptors (Lipinski definition) is 7. The molecule has 1 aromatic carbocycles. The van der Waals surface area contributed by atoms with Crippen molar-refractivity contribution in [2.45, 2.75) is 24.9 Å². The fourth-order valence-electron chi connectivity index (χ4n) is 4.66. The van der Waals surface area contributed by atoms with Gasteiger partial charge >= 0.3 is 18.0 Å². The van der Waals surface area contributed by atoms with Crippen molar-refractivity contribution < 1.29 is 33.4 Å². The highest BCUT2D eigenvalue weighted by molar-refractivity contribution is 5.94. The Labute approximate surface area is 192 Å². The highest BCUT2D eigenvalue weighted by Crippen LogP contribution is 2.62. The van der Waals surface area contributed by atoms with E-state index in [0.717, 1.165) is 0 Å². The number of methoxy groups -OCH3 is 1. The van der Waals surface area contributed by atoms with E-state index in [9.17, 15) is 19.2 Å². The SMILES string of the molecule is C=CCOC(=O)N[C@@]1(C(=O)NCc2ccccc2C(=O)OC)CC[C@H]2[C@H](C(=O)OCC=C)[C@H]21. The number of hydrogen-bond donors (Lipinski definition) is 2. The zero-order valence-electron chi connectivity index (χ0n) is 18.5. The van der Waals surface area contributed by atoms with Gasteiger partial charge in [-0.15, -0.1) is 0 Å². The van der Waals surface area contributed by atoms with Crippen LogP contribution in [0.4, 0.5) is 4.79 Å². The Morgan fingerprint density at radius 3 is 2.52 bits per heavy atom. The zero-order chi connectivity index (χ0) is 24.0. The lowest BCUT2D eigenvalue weighted by molar-refractivity contribution is -0.145. The lowest BCUT2D eigenvalue weighted by atomic mass is 9.89. The maximum Gasteiger partial charge on any atom is 0.408 e. The van der Waals surface area contributed by atoms with Crippen LogP contribution in [0.3, 0.4) is 0 Å². The molecule has 3 rings (SSSR count). The monoisotopic (exact) mass is 456 g/mol. The van der Waals surface area contributed by atoms with Crippen LogP contribution in [0.1, 0.15) is 28.8 Å². The molecule has 2 fully saturated rings. The summed E-state index contributed by atoms with van der Waals surface area (Å²) in [6.07, 6.45) is 3.04. The number of ether oxygens (including phenoxy) is 3. The summed E-state index contributed by atoms with van der Waals surface area (Å²) in [5.74, 6) is -2.37. The van der Waals surface area contributed by atoms with Gasteiger partial charge in [-0.2, -0.15) is 0 Å². The fourth-order valence-corrected chi connectivity index (χ4v) is 4.66. The third-order valence-electron chi connectivity index (χ3n) is 6.15. The van der Waals surface area contributed by atoms with E-state index in [1.54, 1.807) is 24.3 Å². The van der Waals surface area contributed by atoms with Gasteiger partial charge < -0.3 is 24.8 Å². The van der Waals surface area contributed by atoms with Crippen LogP contribution in [-0.2, 0) is 30.3 Å². The molecule has 9 heteroatoms. The van der Waals surface area contributed by atoms with Gasteiger partial charge in [-0.25, -0.2) is 9.59 Å². The second-order valence-electron chi connectivity index (χ2n) is 7.99. The summed E-state index contributed by atoms with van der Waals surface area (Å²) < 4.78 is 15.0. The number of alkyl carbamates (subject to hydrolysis) is 1. The van der Waals surface area contributed by atoms with Gasteiger partial charge in [-0.3, -0.25) is 9.59 Å². The summed E-state index contributed by atoms with van der Waals surface area (Å²) in [4.78, 5) is 50.3. The number of amides is 2. The molecule has 0 bridgehead atoms. The third-order valence-corrected chi connectivity index (χ3v) is 6.15. The smallest absolute Gasteiger partial charge is 0.408 e. The van der Waals surface area contributed by atoms with E-state index in [4.69, 9.17) is 14.2 Å². The molecule has 0 aromatic heterocycles. The van der Waals surface area contributed by atoms with Crippen molar-refractivity contribution in [2.24, 2.45) is 17.8 Å². The maximum atomic E-state index is 13.4. The van der Waals surface area contributed by atoms with Crippen molar-refractivity contribution in [3.05, 3.63) is 60.7 Å². The molecular formula is C24H28N2O7. The Kier molecular flexibility index (Phi) is 7.52. The minimum atomic E-state index is -1.33. The molecule has 0 heterocycles. The molecule has 176 valence electrons. The Morgan fingerprint density at radius 1 is 1.12 bits per heavy atom. The molecule has 0 spiro atoms. The highest BCUT2D eigenvalue weighted by atomic mass is 16.5. The second kappa shape index (κ2) is 10.3. The Morgan fingerprint density at radius 2 is 1.82 bits per heavy atom. The van der Waals surface area contributed by atoms with Crippen molar-refractivity contribution in [3.8, 4) is 0 Å². The van der Waals surface area contributed by atoms with Crippen molar-refractivity contribution in [1.82, 2.24) is 10.6 Å². The number of nitrogens with one attached hydrogen (secondary N) is 2. The van der Waals surface area contributed by atoms with Gasteiger partial charge in [-0.05, 0) is 30.4 Å². The second-order valence-corrected chi connectivity index (χ2v) is 7.99. The first-order chi connectivity index (χ1) is 15.9. The standard InChI is InChI=1S/C24H28N2O7/c1-4-12-32-21(28)18-17-10-11-24(19(17)18,26-23(30)33-13-5-2)22(29)25-14-15-8-6-7-9-16(15)20(27)31-3/h4-9,17-19H,1-2,10-14H2,3H3,(H,25,29)(H,26,30)/t17-,18-,19-,24-/m0/s1. The van der Waals surface area contributed by atoms with Crippen molar-refractivity contribution in [3.63, 3.8) is 0 Å². The van der Waals surface area contributed by atoms with Gasteiger partial charge in [0, 0.05) is 12.5 Å². The van der Waals surface area contributed by atoms with E-state index < -0.39 is 41.3 Å². The molecule has 0 aliphatic heterocycles. The topological polar surface area (TPSA) is 120 Å². The van der Waals surface area contributed by atoms with E-state index in [0.29, 0.717) is 24.0 Å². The lowest BCUT2D eigenvalue weighted by Gasteiger charge is -2.31. The zero-order valence-corrected chi connectivity index (χ0v) is 18.5. The molecule has 0 radical (unpaired) electrons. The number of carbonyl (C=O) groups is 4. The number of carbonyl (C=O) groups excluding carboxylic acids is 4. The van der Waals surface area contributed by atoms with E-state index >= 15 is 0 Å². The predicted octanol–water partition coefficient (Wildman–Crippen LogP) is 2.13. The number of esters is 2. The molecule has 9 nitrogen and oxygen atoms in total. The van der Waals surface area contributed by atoms with E-state index in [-0.39, 0.29) is 25.7 Å². The number of benzene rings is 1. The lowest BCUT2D eigenvalue weighted by Crippen LogP contribution is -2.60. The fraction of sp³-hybridized carbons (Fsp3) is 0.417. The van der Waals surface area contributed by atoms with Gasteiger partial charge in [-0.1, -0.05) is 43.5 Å². The van der Waals surface area contributed by atoms with Gasteiger partial charge in [0.05, 0.1) is 18.6 Å². The van der Waals surface area contributed by atoms with E-state index in [1.807, 2.05) is 0 Å². The van der Waals surface area contributed by atoms with Crippen LogP contribution in [0.15, 0.2) is 49.6 Å². The van der Waals surface area contributed by atoms with Crippen molar-refractivity contribution in [2.75, 3.05) is 20.3 Å². The summed E-state index contributed by atoms with van der Waals surface area (Å²) in [7, 11) is 1.28. The first-order valence-electron chi connectivity index (χ1n) is 10.7. The summed E-state index contributed by atoms with van der Waals surface area (Å²) in [6.45, 7) is 7.13. The van der Waals surface area contributed by atoms with Gasteiger partial charge in [0.1, 0.15) is 18.8 Å². The predicted molar refractivity (Wildman–Crippen MR) is 118 cm³/mol. The summed E-state index contributed by atoms with van der Waals surface area (Å²) in [5, 5.41) is 5.52. The minimum Gasteiger partial charge on any atom is -0.465 e. The molecule has 2 saturated carbocycles. The van der Waals surface area contributed by atoms with E-state index in [1.165, 1.54) is 19.3 Å². The Bertz CT molecular complexity index is 960. The Hall–Kier alpha value is -3.62. The van der Waals surface area contributed by atoms with Gasteiger partial charge in [0.25, 0.3) is 0 Å². The molecule has 0 saturated heterocycles. The van der Waals surface area contributed by atoms with Crippen LogP contribution in [0.25, 0.3) is 0 Å². The van der Waals surface area contributed by atoms with Crippen LogP contribution in [0.5, 0.6) is 0 Å². The molecule has 4 atom stereocenters. The summed E-state index contributed by atoms with van der Waals surface area (Å²) in [5.41, 5.74) is -0.440. The first-order valence-corrected chi connectivity index (χ1v) is 10.7. The maximum absolute atomic E-state index is 13.4. The summed E-state index contributed by atoms with van der Waals surface area (Å²) in [6, 6.07) is 6.75. The van der Waals surface area contributed by atoms with Crippen LogP contribution < -0.4 is 10.6 Å². The summed E-state index contributed by atoms with van der Waals surface area (Å²) >= 11 is 0. The first kappa shape index (κ1) is 24.0.